The van der Waals surface area contributed by atoms with Gasteiger partial charge in [0.05, 0.1) is 25.4 Å². The van der Waals surface area contributed by atoms with Gasteiger partial charge in [0.25, 0.3) is 0 Å². The number of rotatable bonds is 57. The highest BCUT2D eigenvalue weighted by molar-refractivity contribution is 5.76. The highest BCUT2D eigenvalue weighted by atomic mass is 16.5. The van der Waals surface area contributed by atoms with Crippen molar-refractivity contribution in [3.63, 3.8) is 0 Å². The van der Waals surface area contributed by atoms with Gasteiger partial charge in [-0.2, -0.15) is 0 Å². The van der Waals surface area contributed by atoms with Gasteiger partial charge >= 0.3 is 5.97 Å². The summed E-state index contributed by atoms with van der Waals surface area (Å²) in [6.45, 7) is 4.89. The quantitative estimate of drug-likeness (QED) is 0.0321. The Morgan fingerprint density at radius 1 is 0.406 bits per heavy atom. The normalized spacial score (nSPS) is 12.8. The van der Waals surface area contributed by atoms with E-state index in [1.54, 1.807) is 6.08 Å². The molecule has 0 saturated heterocycles. The Morgan fingerprint density at radius 2 is 0.725 bits per heavy atom. The number of hydrogen-bond donors (Lipinski definition) is 3. The van der Waals surface area contributed by atoms with Gasteiger partial charge in [-0.05, 0) is 64.2 Å². The molecule has 0 spiro atoms. The molecule has 0 rings (SSSR count). The van der Waals surface area contributed by atoms with E-state index in [-0.39, 0.29) is 18.5 Å². The topological polar surface area (TPSA) is 95.9 Å². The summed E-state index contributed by atoms with van der Waals surface area (Å²) in [4.78, 5) is 24.5. The Kier molecular flexibility index (Phi) is 57.0. The van der Waals surface area contributed by atoms with E-state index in [1.165, 1.54) is 257 Å². The van der Waals surface area contributed by atoms with E-state index >= 15 is 0 Å². The highest BCUT2D eigenvalue weighted by Crippen LogP contribution is 2.17. The van der Waals surface area contributed by atoms with Crippen LogP contribution in [0, 0.1) is 0 Å². The Hall–Kier alpha value is -1.92. The van der Waals surface area contributed by atoms with Crippen molar-refractivity contribution in [1.29, 1.82) is 0 Å². The molecule has 0 fully saturated rings. The van der Waals surface area contributed by atoms with Crippen LogP contribution in [0.4, 0.5) is 0 Å². The molecule has 2 unspecified atom stereocenters. The number of aliphatic hydroxyl groups excluding tert-OH is 2. The number of aliphatic hydroxyl groups is 2. The Balaban J connectivity index is 3.39. The van der Waals surface area contributed by atoms with Crippen LogP contribution in [-0.2, 0) is 14.3 Å². The van der Waals surface area contributed by atoms with Crippen LogP contribution < -0.4 is 5.32 Å². The highest BCUT2D eigenvalue weighted by Gasteiger charge is 2.18. The standard InChI is InChI=1S/C63H119NO5/c1-3-5-7-9-11-13-14-15-16-31-34-37-41-45-49-53-57-63(68)69-58-54-50-46-42-38-35-32-29-27-25-23-21-19-17-18-20-22-24-26-28-30-33-36-40-44-48-52-56-62(67)64-60(59-65)61(66)55-51-47-43-39-12-10-8-6-4-2/h17-18,21,23,51,55,60-61,65-66H,3-16,19-20,22,24-50,52-54,56-59H2,1-2H3,(H,64,67)/b18-17-,23-21-,55-51+. The first-order valence-corrected chi connectivity index (χ1v) is 30.8. The molecule has 3 N–H and O–H groups in total. The average molecular weight is 971 g/mol. The van der Waals surface area contributed by atoms with Gasteiger partial charge in [-0.3, -0.25) is 9.59 Å². The smallest absolute Gasteiger partial charge is 0.305 e. The van der Waals surface area contributed by atoms with Gasteiger partial charge < -0.3 is 20.3 Å². The average Bonchev–Trinajstić information content (AvgIpc) is 3.35. The summed E-state index contributed by atoms with van der Waals surface area (Å²) in [5, 5.41) is 22.9. The van der Waals surface area contributed by atoms with Crippen LogP contribution in [0.2, 0.25) is 0 Å². The third kappa shape index (κ3) is 55.2. The number of esters is 1. The number of allylic oxidation sites excluding steroid dienone is 5. The molecular formula is C63H119NO5. The van der Waals surface area contributed by atoms with E-state index in [4.69, 9.17) is 4.74 Å². The molecule has 0 aromatic carbocycles. The second kappa shape index (κ2) is 58.6. The molecule has 6 heteroatoms. The van der Waals surface area contributed by atoms with Gasteiger partial charge in [0.15, 0.2) is 0 Å². The van der Waals surface area contributed by atoms with E-state index < -0.39 is 12.1 Å². The molecule has 6 nitrogen and oxygen atoms in total. The zero-order chi connectivity index (χ0) is 50.0. The van der Waals surface area contributed by atoms with Crippen LogP contribution in [-0.4, -0.2) is 47.4 Å². The molecule has 2 atom stereocenters. The molecule has 0 heterocycles. The van der Waals surface area contributed by atoms with E-state index in [9.17, 15) is 19.8 Å². The lowest BCUT2D eigenvalue weighted by Gasteiger charge is -2.20. The third-order valence-electron chi connectivity index (χ3n) is 14.2. The van der Waals surface area contributed by atoms with E-state index in [0.29, 0.717) is 19.4 Å². The maximum absolute atomic E-state index is 12.4. The van der Waals surface area contributed by atoms with Crippen molar-refractivity contribution in [3.8, 4) is 0 Å². The minimum Gasteiger partial charge on any atom is -0.466 e. The predicted octanol–water partition coefficient (Wildman–Crippen LogP) is 19.2. The van der Waals surface area contributed by atoms with Crippen molar-refractivity contribution in [2.45, 2.75) is 341 Å². The summed E-state index contributed by atoms with van der Waals surface area (Å²) in [6.07, 6.45) is 73.4. The molecule has 0 aliphatic heterocycles. The lowest BCUT2D eigenvalue weighted by molar-refractivity contribution is -0.143. The fourth-order valence-electron chi connectivity index (χ4n) is 9.43. The van der Waals surface area contributed by atoms with E-state index in [2.05, 4.69) is 43.5 Å². The van der Waals surface area contributed by atoms with Crippen molar-refractivity contribution in [2.24, 2.45) is 0 Å². The minimum atomic E-state index is -0.844. The van der Waals surface area contributed by atoms with Crippen molar-refractivity contribution < 1.29 is 24.5 Å². The van der Waals surface area contributed by atoms with Gasteiger partial charge in [-0.1, -0.05) is 288 Å². The molecular weight excluding hydrogens is 851 g/mol. The number of nitrogens with one attached hydrogen (secondary N) is 1. The van der Waals surface area contributed by atoms with Gasteiger partial charge in [0.2, 0.25) is 5.91 Å². The largest absolute Gasteiger partial charge is 0.466 e. The number of unbranched alkanes of at least 4 members (excludes halogenated alkanes) is 42. The fraction of sp³-hybridized carbons (Fsp3) is 0.873. The molecule has 0 aromatic heterocycles. The number of carbonyl (C=O) groups is 2. The summed E-state index contributed by atoms with van der Waals surface area (Å²) in [6, 6.07) is -0.628. The maximum Gasteiger partial charge on any atom is 0.305 e. The van der Waals surface area contributed by atoms with Crippen LogP contribution >= 0.6 is 0 Å². The van der Waals surface area contributed by atoms with Gasteiger partial charge in [-0.25, -0.2) is 0 Å². The first-order valence-electron chi connectivity index (χ1n) is 30.8. The van der Waals surface area contributed by atoms with Crippen molar-refractivity contribution in [1.82, 2.24) is 5.32 Å². The van der Waals surface area contributed by atoms with E-state index in [0.717, 1.165) is 44.9 Å². The molecule has 0 radical (unpaired) electrons. The van der Waals surface area contributed by atoms with E-state index in [1.807, 2.05) is 6.08 Å². The van der Waals surface area contributed by atoms with Gasteiger partial charge in [0, 0.05) is 12.8 Å². The van der Waals surface area contributed by atoms with Crippen LogP contribution in [0.1, 0.15) is 328 Å². The summed E-state index contributed by atoms with van der Waals surface area (Å²) >= 11 is 0. The van der Waals surface area contributed by atoms with Crippen molar-refractivity contribution >= 4 is 11.9 Å². The van der Waals surface area contributed by atoms with Gasteiger partial charge in [0.1, 0.15) is 0 Å². The van der Waals surface area contributed by atoms with Crippen LogP contribution in [0.15, 0.2) is 36.5 Å². The lowest BCUT2D eigenvalue weighted by Crippen LogP contribution is -2.45. The Bertz CT molecular complexity index is 1120. The van der Waals surface area contributed by atoms with Crippen molar-refractivity contribution in [2.75, 3.05) is 13.2 Å². The predicted molar refractivity (Wildman–Crippen MR) is 301 cm³/mol. The third-order valence-corrected chi connectivity index (χ3v) is 14.2. The molecule has 0 aromatic rings. The molecule has 0 aliphatic carbocycles. The first-order chi connectivity index (χ1) is 34.0. The SMILES string of the molecule is CCCCCCCCC/C=C/C(O)C(CO)NC(=O)CCCCCCCCCCCCC/C=C\C/C=C\CCCCCCCCCCCOC(=O)CCCCCCCCCCCCCCCCCC. The number of carbonyl (C=O) groups excluding carboxylic acids is 2. The van der Waals surface area contributed by atoms with Crippen LogP contribution in [0.5, 0.6) is 0 Å². The summed E-state index contributed by atoms with van der Waals surface area (Å²) in [5.41, 5.74) is 0. The molecule has 0 saturated carbocycles. The zero-order valence-electron chi connectivity index (χ0n) is 46.3. The number of ether oxygens (including phenoxy) is 1. The minimum absolute atomic E-state index is 0.0135. The molecule has 0 bridgehead atoms. The lowest BCUT2D eigenvalue weighted by atomic mass is 10.0. The second-order valence-electron chi connectivity index (χ2n) is 21.0. The zero-order valence-corrected chi connectivity index (χ0v) is 46.3. The molecule has 69 heavy (non-hydrogen) atoms. The first kappa shape index (κ1) is 67.1. The summed E-state index contributed by atoms with van der Waals surface area (Å²) in [5.74, 6) is -0.0601. The fourth-order valence-corrected chi connectivity index (χ4v) is 9.43. The summed E-state index contributed by atoms with van der Waals surface area (Å²) < 4.78 is 5.49. The van der Waals surface area contributed by atoms with Crippen LogP contribution in [0.3, 0.4) is 0 Å². The molecule has 406 valence electrons. The van der Waals surface area contributed by atoms with Crippen LogP contribution in [0.25, 0.3) is 0 Å². The monoisotopic (exact) mass is 970 g/mol. The van der Waals surface area contributed by atoms with Gasteiger partial charge in [-0.15, -0.1) is 0 Å². The Labute approximate surface area is 430 Å². The Morgan fingerprint density at radius 3 is 1.10 bits per heavy atom. The number of hydrogen-bond acceptors (Lipinski definition) is 5. The number of amides is 1. The summed E-state index contributed by atoms with van der Waals surface area (Å²) in [7, 11) is 0. The second-order valence-corrected chi connectivity index (χ2v) is 21.0. The molecule has 0 aliphatic rings. The maximum atomic E-state index is 12.4. The van der Waals surface area contributed by atoms with Crippen molar-refractivity contribution in [3.05, 3.63) is 36.5 Å². The molecule has 1 amide bonds.